The van der Waals surface area contributed by atoms with Crippen molar-refractivity contribution in [1.82, 2.24) is 29.3 Å². The molecule has 0 bridgehead atoms. The molecule has 192 valence electrons. The Morgan fingerprint density at radius 3 is 2.70 bits per heavy atom. The first-order chi connectivity index (χ1) is 18.1. The third-order valence-electron chi connectivity index (χ3n) is 6.98. The molecule has 0 unspecified atom stereocenters. The van der Waals surface area contributed by atoms with Gasteiger partial charge >= 0.3 is 0 Å². The maximum Gasteiger partial charge on any atom is 0.238 e. The molecule has 0 N–H and O–H groups in total. The summed E-state index contributed by atoms with van der Waals surface area (Å²) in [6, 6.07) is 10.3. The fourth-order valence-corrected chi connectivity index (χ4v) is 6.24. The molecule has 3 aromatic heterocycles. The number of anilines is 1. The predicted octanol–water partition coefficient (Wildman–Crippen LogP) is 3.26. The topological polar surface area (TPSA) is 79.6 Å². The molecule has 2 saturated heterocycles. The van der Waals surface area contributed by atoms with Gasteiger partial charge in [0, 0.05) is 44.0 Å². The number of piperazine rings is 1. The number of hydrogen-bond acceptors (Lipinski definition) is 8. The predicted molar refractivity (Wildman–Crippen MR) is 147 cm³/mol. The number of hydrogen-bond donors (Lipinski definition) is 0. The van der Waals surface area contributed by atoms with Gasteiger partial charge in [-0.05, 0) is 18.2 Å². The fraction of sp³-hybridized carbons (Fsp3) is 0.407. The lowest BCUT2D eigenvalue weighted by Gasteiger charge is -2.33. The minimum atomic E-state index is 0.156. The smallest absolute Gasteiger partial charge is 0.238 e. The van der Waals surface area contributed by atoms with E-state index in [4.69, 9.17) is 19.7 Å². The first kappa shape index (κ1) is 24.0. The highest BCUT2D eigenvalue weighted by molar-refractivity contribution is 7.19. The Morgan fingerprint density at radius 2 is 1.92 bits per heavy atom. The molecule has 0 aliphatic carbocycles. The van der Waals surface area contributed by atoms with E-state index in [9.17, 15) is 4.79 Å². The number of para-hydroxylation sites is 2. The van der Waals surface area contributed by atoms with Crippen LogP contribution in [0, 0.1) is 0 Å². The largest absolute Gasteiger partial charge is 0.378 e. The Morgan fingerprint density at radius 1 is 1.08 bits per heavy atom. The van der Waals surface area contributed by atoms with Gasteiger partial charge in [0.2, 0.25) is 11.9 Å². The maximum atomic E-state index is 12.8. The van der Waals surface area contributed by atoms with Crippen LogP contribution in [0.4, 0.5) is 5.82 Å². The molecule has 0 spiro atoms. The molecule has 6 rings (SSSR count). The Kier molecular flexibility index (Phi) is 6.62. The van der Waals surface area contributed by atoms with Crippen molar-refractivity contribution in [3.63, 3.8) is 0 Å². The summed E-state index contributed by atoms with van der Waals surface area (Å²) in [5.74, 6) is 2.66. The molecule has 0 saturated carbocycles. The van der Waals surface area contributed by atoms with Gasteiger partial charge in [0.1, 0.15) is 5.82 Å². The number of thiophene rings is 1. The summed E-state index contributed by atoms with van der Waals surface area (Å²) in [5, 5.41) is 0. The van der Waals surface area contributed by atoms with Crippen LogP contribution in [-0.4, -0.2) is 87.7 Å². The molecule has 0 radical (unpaired) electrons. The van der Waals surface area contributed by atoms with Crippen molar-refractivity contribution in [2.75, 3.05) is 57.4 Å². The zero-order valence-electron chi connectivity index (χ0n) is 21.1. The standard InChI is InChI=1S/C27H31N7O2S/c1-3-9-31-10-11-33(24(35)18-31)17-19-16-21-25(37-19)26(32-12-14-36-15-13-32)30-27(29-21)34-22-8-6-5-7-20(22)28-23(34)4-2/h3,5-8,16H,1,4,9-15,17-18H2,2H3. The van der Waals surface area contributed by atoms with E-state index in [1.165, 1.54) is 0 Å². The molecular weight excluding hydrogens is 486 g/mol. The van der Waals surface area contributed by atoms with Crippen molar-refractivity contribution in [1.29, 1.82) is 0 Å². The Bertz CT molecular complexity index is 1460. The van der Waals surface area contributed by atoms with Crippen molar-refractivity contribution in [2.24, 2.45) is 0 Å². The van der Waals surface area contributed by atoms with Gasteiger partial charge in [0.25, 0.3) is 0 Å². The molecule has 1 amide bonds. The van der Waals surface area contributed by atoms with Crippen LogP contribution in [0.25, 0.3) is 27.2 Å². The number of morpholine rings is 1. The van der Waals surface area contributed by atoms with E-state index in [2.05, 4.69) is 40.0 Å². The van der Waals surface area contributed by atoms with E-state index < -0.39 is 0 Å². The number of carbonyl (C=O) groups excluding carboxylic acids is 1. The van der Waals surface area contributed by atoms with Gasteiger partial charge in [-0.25, -0.2) is 9.97 Å². The summed E-state index contributed by atoms with van der Waals surface area (Å²) in [4.78, 5) is 35.3. The second kappa shape index (κ2) is 10.2. The summed E-state index contributed by atoms with van der Waals surface area (Å²) < 4.78 is 8.76. The van der Waals surface area contributed by atoms with Crippen LogP contribution in [-0.2, 0) is 22.5 Å². The second-order valence-corrected chi connectivity index (χ2v) is 10.6. The summed E-state index contributed by atoms with van der Waals surface area (Å²) in [7, 11) is 0. The van der Waals surface area contributed by atoms with Gasteiger partial charge in [-0.1, -0.05) is 25.1 Å². The Hall–Kier alpha value is -3.34. The molecule has 37 heavy (non-hydrogen) atoms. The number of ether oxygens (including phenoxy) is 1. The van der Waals surface area contributed by atoms with Crippen molar-refractivity contribution in [2.45, 2.75) is 19.9 Å². The summed E-state index contributed by atoms with van der Waals surface area (Å²) in [6.07, 6.45) is 2.63. The molecule has 2 fully saturated rings. The summed E-state index contributed by atoms with van der Waals surface area (Å²) >= 11 is 1.69. The molecule has 1 aromatic carbocycles. The third-order valence-corrected chi connectivity index (χ3v) is 8.09. The van der Waals surface area contributed by atoms with Gasteiger partial charge in [-0.2, -0.15) is 4.98 Å². The van der Waals surface area contributed by atoms with E-state index in [1.807, 2.05) is 29.2 Å². The number of benzene rings is 1. The molecule has 2 aliphatic heterocycles. The van der Waals surface area contributed by atoms with E-state index in [-0.39, 0.29) is 5.91 Å². The van der Waals surface area contributed by atoms with Gasteiger partial charge in [-0.15, -0.1) is 17.9 Å². The number of fused-ring (bicyclic) bond motifs is 2. The Balaban J connectivity index is 1.41. The number of carbonyl (C=O) groups is 1. The first-order valence-electron chi connectivity index (χ1n) is 12.9. The van der Waals surface area contributed by atoms with Crippen molar-refractivity contribution < 1.29 is 9.53 Å². The highest BCUT2D eigenvalue weighted by Gasteiger charge is 2.26. The van der Waals surface area contributed by atoms with Gasteiger partial charge < -0.3 is 14.5 Å². The Labute approximate surface area is 220 Å². The zero-order chi connectivity index (χ0) is 25.4. The average molecular weight is 518 g/mol. The zero-order valence-corrected chi connectivity index (χ0v) is 21.9. The number of nitrogens with zero attached hydrogens (tertiary/aromatic N) is 7. The van der Waals surface area contributed by atoms with Crippen LogP contribution in [0.5, 0.6) is 0 Å². The number of aromatic nitrogens is 4. The molecular formula is C27H31N7O2S. The number of aryl methyl sites for hydroxylation is 1. The van der Waals surface area contributed by atoms with E-state index in [1.54, 1.807) is 11.3 Å². The molecule has 10 heteroatoms. The maximum absolute atomic E-state index is 12.8. The van der Waals surface area contributed by atoms with Crippen LogP contribution in [0.2, 0.25) is 0 Å². The first-order valence-corrected chi connectivity index (χ1v) is 13.7. The molecule has 4 aromatic rings. The average Bonchev–Trinajstić information content (AvgIpc) is 3.51. The summed E-state index contributed by atoms with van der Waals surface area (Å²) in [6.45, 7) is 12.2. The number of rotatable bonds is 7. The van der Waals surface area contributed by atoms with Crippen molar-refractivity contribution >= 4 is 44.3 Å². The van der Waals surface area contributed by atoms with Gasteiger partial charge in [-0.3, -0.25) is 14.3 Å². The fourth-order valence-electron chi connectivity index (χ4n) is 5.11. The number of amides is 1. The minimum absolute atomic E-state index is 0.156. The second-order valence-electron chi connectivity index (χ2n) is 9.42. The summed E-state index contributed by atoms with van der Waals surface area (Å²) in [5.41, 5.74) is 2.85. The normalized spacial score (nSPS) is 17.3. The quantitative estimate of drug-likeness (QED) is 0.348. The lowest BCUT2D eigenvalue weighted by atomic mass is 10.2. The van der Waals surface area contributed by atoms with E-state index in [0.29, 0.717) is 32.3 Å². The van der Waals surface area contributed by atoms with E-state index in [0.717, 1.165) is 76.9 Å². The third kappa shape index (κ3) is 4.60. The highest BCUT2D eigenvalue weighted by Crippen LogP contribution is 2.35. The molecule has 2 aliphatic rings. The van der Waals surface area contributed by atoms with Crippen LogP contribution < -0.4 is 4.90 Å². The molecule has 0 atom stereocenters. The van der Waals surface area contributed by atoms with Gasteiger partial charge in [0.05, 0.1) is 47.6 Å². The van der Waals surface area contributed by atoms with Crippen molar-refractivity contribution in [3.8, 4) is 5.95 Å². The molecule has 5 heterocycles. The van der Waals surface area contributed by atoms with Crippen molar-refractivity contribution in [3.05, 3.63) is 53.7 Å². The van der Waals surface area contributed by atoms with E-state index >= 15 is 0 Å². The van der Waals surface area contributed by atoms with Crippen LogP contribution in [0.3, 0.4) is 0 Å². The van der Waals surface area contributed by atoms with Crippen LogP contribution >= 0.6 is 11.3 Å². The van der Waals surface area contributed by atoms with Crippen LogP contribution in [0.15, 0.2) is 43.0 Å². The highest BCUT2D eigenvalue weighted by atomic mass is 32.1. The lowest BCUT2D eigenvalue weighted by Crippen LogP contribution is -2.49. The SMILES string of the molecule is C=CCN1CCN(Cc2cc3nc(-n4c(CC)nc5ccccc54)nc(N4CCOCC4)c3s2)C(=O)C1. The molecule has 9 nitrogen and oxygen atoms in total. The monoisotopic (exact) mass is 517 g/mol. The van der Waals surface area contributed by atoms with Gasteiger partial charge in [0.15, 0.2) is 5.82 Å². The van der Waals surface area contributed by atoms with Crippen LogP contribution in [0.1, 0.15) is 17.6 Å². The minimum Gasteiger partial charge on any atom is -0.378 e. The lowest BCUT2D eigenvalue weighted by molar-refractivity contribution is -0.136. The number of imidazole rings is 1.